The number of ether oxygens (including phenoxy) is 1. The Hall–Kier alpha value is -3.08. The topological polar surface area (TPSA) is 91.4 Å². The fourth-order valence-electron chi connectivity index (χ4n) is 4.10. The molecule has 1 aromatic heterocycles. The number of methoxy groups -OCH3 is 1. The predicted octanol–water partition coefficient (Wildman–Crippen LogP) is 3.32. The van der Waals surface area contributed by atoms with Crippen molar-refractivity contribution in [2.24, 2.45) is 0 Å². The van der Waals surface area contributed by atoms with E-state index in [1.807, 2.05) is 12.1 Å². The van der Waals surface area contributed by atoms with Gasteiger partial charge in [0.05, 0.1) is 12.8 Å². The Morgan fingerprint density at radius 2 is 2.09 bits per heavy atom. The van der Waals surface area contributed by atoms with Gasteiger partial charge in [-0.05, 0) is 49.1 Å². The van der Waals surface area contributed by atoms with Crippen LogP contribution in [-0.4, -0.2) is 54.1 Å². The molecular formula is C22H27F3N6O2. The van der Waals surface area contributed by atoms with Crippen LogP contribution in [0.2, 0.25) is 0 Å². The third-order valence-electron chi connectivity index (χ3n) is 5.82. The molecule has 2 aliphatic heterocycles. The maximum Gasteiger partial charge on any atom is 0.421 e. The lowest BCUT2D eigenvalue weighted by atomic mass is 10.00. The van der Waals surface area contributed by atoms with E-state index < -0.39 is 11.7 Å². The molecule has 1 fully saturated rings. The SMILES string of the molecule is COc1cc2c(cc1Nc1ncc(C(F)(F)F)c(NCCCN3CCCC3=O)n1)CNCC2. The number of hydrogen-bond acceptors (Lipinski definition) is 7. The highest BCUT2D eigenvalue weighted by Crippen LogP contribution is 2.35. The predicted molar refractivity (Wildman–Crippen MR) is 118 cm³/mol. The Kier molecular flexibility index (Phi) is 6.87. The normalized spacial score (nSPS) is 16.0. The lowest BCUT2D eigenvalue weighted by Crippen LogP contribution is -2.27. The van der Waals surface area contributed by atoms with Gasteiger partial charge in [0.25, 0.3) is 0 Å². The molecule has 1 amide bonds. The Balaban J connectivity index is 1.50. The van der Waals surface area contributed by atoms with Crippen molar-refractivity contribution in [3.63, 3.8) is 0 Å². The number of anilines is 3. The number of likely N-dealkylation sites (tertiary alicyclic amines) is 1. The van der Waals surface area contributed by atoms with Gasteiger partial charge in [-0.3, -0.25) is 4.79 Å². The lowest BCUT2D eigenvalue weighted by molar-refractivity contribution is -0.137. The van der Waals surface area contributed by atoms with Crippen molar-refractivity contribution in [1.29, 1.82) is 0 Å². The van der Waals surface area contributed by atoms with E-state index in [9.17, 15) is 18.0 Å². The van der Waals surface area contributed by atoms with Crippen LogP contribution in [0.15, 0.2) is 18.3 Å². The second kappa shape index (κ2) is 9.82. The number of nitrogens with zero attached hydrogens (tertiary/aromatic N) is 3. The molecule has 0 radical (unpaired) electrons. The van der Waals surface area contributed by atoms with Crippen molar-refractivity contribution in [1.82, 2.24) is 20.2 Å². The molecule has 3 heterocycles. The van der Waals surface area contributed by atoms with E-state index in [4.69, 9.17) is 4.74 Å². The number of amides is 1. The van der Waals surface area contributed by atoms with Crippen LogP contribution in [-0.2, 0) is 23.9 Å². The third kappa shape index (κ3) is 5.47. The fourth-order valence-corrected chi connectivity index (χ4v) is 4.10. The summed E-state index contributed by atoms with van der Waals surface area (Å²) in [5.41, 5.74) is 1.90. The minimum atomic E-state index is -4.60. The third-order valence-corrected chi connectivity index (χ3v) is 5.82. The molecule has 1 aromatic carbocycles. The van der Waals surface area contributed by atoms with E-state index in [-0.39, 0.29) is 24.2 Å². The number of halogens is 3. The van der Waals surface area contributed by atoms with E-state index in [1.165, 1.54) is 5.56 Å². The quantitative estimate of drug-likeness (QED) is 0.517. The number of nitrogens with one attached hydrogen (secondary N) is 3. The average molecular weight is 464 g/mol. The van der Waals surface area contributed by atoms with Gasteiger partial charge in [-0.2, -0.15) is 18.2 Å². The monoisotopic (exact) mass is 464 g/mol. The molecule has 11 heteroatoms. The molecule has 1 saturated heterocycles. The summed E-state index contributed by atoms with van der Waals surface area (Å²) in [5, 5.41) is 9.07. The van der Waals surface area contributed by atoms with Crippen molar-refractivity contribution >= 4 is 23.4 Å². The van der Waals surface area contributed by atoms with Crippen molar-refractivity contribution in [3.8, 4) is 5.75 Å². The summed E-state index contributed by atoms with van der Waals surface area (Å²) >= 11 is 0. The second-order valence-corrected chi connectivity index (χ2v) is 8.09. The molecule has 0 unspecified atom stereocenters. The molecule has 3 N–H and O–H groups in total. The van der Waals surface area contributed by atoms with E-state index in [0.29, 0.717) is 43.9 Å². The summed E-state index contributed by atoms with van der Waals surface area (Å²) in [6, 6.07) is 3.84. The first-order chi connectivity index (χ1) is 15.8. The van der Waals surface area contributed by atoms with Crippen LogP contribution in [0.3, 0.4) is 0 Å². The maximum absolute atomic E-state index is 13.5. The Morgan fingerprint density at radius 3 is 2.82 bits per heavy atom. The average Bonchev–Trinajstić information content (AvgIpc) is 3.20. The van der Waals surface area contributed by atoms with Gasteiger partial charge in [0, 0.05) is 38.8 Å². The number of aromatic nitrogens is 2. The molecule has 0 bridgehead atoms. The van der Waals surface area contributed by atoms with Crippen molar-refractivity contribution in [2.45, 2.75) is 38.4 Å². The van der Waals surface area contributed by atoms with Crippen LogP contribution in [0.4, 0.5) is 30.6 Å². The van der Waals surface area contributed by atoms with Crippen LogP contribution in [0.1, 0.15) is 36.0 Å². The number of benzene rings is 1. The maximum atomic E-state index is 13.5. The minimum absolute atomic E-state index is 0.0299. The summed E-state index contributed by atoms with van der Waals surface area (Å²) in [4.78, 5) is 21.4. The second-order valence-electron chi connectivity index (χ2n) is 8.09. The molecule has 2 aromatic rings. The molecule has 8 nitrogen and oxygen atoms in total. The number of carbonyl (C=O) groups is 1. The molecule has 2 aliphatic rings. The van der Waals surface area contributed by atoms with Crippen LogP contribution in [0.5, 0.6) is 5.75 Å². The number of alkyl halides is 3. The van der Waals surface area contributed by atoms with Gasteiger partial charge in [0.15, 0.2) is 0 Å². The van der Waals surface area contributed by atoms with Crippen molar-refractivity contribution < 1.29 is 22.7 Å². The Bertz CT molecular complexity index is 1010. The highest BCUT2D eigenvalue weighted by atomic mass is 19.4. The molecule has 33 heavy (non-hydrogen) atoms. The standard InChI is InChI=1S/C22H27F3N6O2/c1-33-18-11-14-5-7-26-12-15(14)10-17(18)29-21-28-13-16(22(23,24)25)20(30-21)27-6-3-9-31-8-2-4-19(31)32/h10-11,13,26H,2-9,12H2,1H3,(H2,27,28,29,30). The smallest absolute Gasteiger partial charge is 0.421 e. The number of hydrogen-bond donors (Lipinski definition) is 3. The Morgan fingerprint density at radius 1 is 1.24 bits per heavy atom. The summed E-state index contributed by atoms with van der Waals surface area (Å²) in [7, 11) is 1.54. The first-order valence-corrected chi connectivity index (χ1v) is 11.0. The number of carbonyl (C=O) groups excluding carboxylic acids is 1. The zero-order valence-electron chi connectivity index (χ0n) is 18.4. The molecule has 4 rings (SSSR count). The summed E-state index contributed by atoms with van der Waals surface area (Å²) < 4.78 is 46.0. The van der Waals surface area contributed by atoms with E-state index in [0.717, 1.165) is 31.1 Å². The van der Waals surface area contributed by atoms with Gasteiger partial charge in [-0.15, -0.1) is 0 Å². The summed E-state index contributed by atoms with van der Waals surface area (Å²) in [6.07, 6.45) is -1.07. The summed E-state index contributed by atoms with van der Waals surface area (Å²) in [5.74, 6) is 0.395. The molecule has 0 saturated carbocycles. The zero-order chi connectivity index (χ0) is 23.4. The van der Waals surface area contributed by atoms with Crippen LogP contribution >= 0.6 is 0 Å². The fraction of sp³-hybridized carbons (Fsp3) is 0.500. The Labute approximate surface area is 189 Å². The van der Waals surface area contributed by atoms with Gasteiger partial charge in [-0.25, -0.2) is 4.98 Å². The lowest BCUT2D eigenvalue weighted by Gasteiger charge is -2.21. The molecule has 178 valence electrons. The van der Waals surface area contributed by atoms with E-state index >= 15 is 0 Å². The van der Waals surface area contributed by atoms with Crippen LogP contribution < -0.4 is 20.7 Å². The number of fused-ring (bicyclic) bond motifs is 1. The molecule has 0 aliphatic carbocycles. The highest BCUT2D eigenvalue weighted by molar-refractivity contribution is 5.78. The number of rotatable bonds is 8. The largest absolute Gasteiger partial charge is 0.495 e. The first-order valence-electron chi connectivity index (χ1n) is 11.0. The molecular weight excluding hydrogens is 437 g/mol. The summed E-state index contributed by atoms with van der Waals surface area (Å²) in [6.45, 7) is 3.04. The first kappa shape index (κ1) is 23.1. The van der Waals surface area contributed by atoms with Crippen LogP contribution in [0.25, 0.3) is 0 Å². The highest BCUT2D eigenvalue weighted by Gasteiger charge is 2.35. The minimum Gasteiger partial charge on any atom is -0.495 e. The van der Waals surface area contributed by atoms with E-state index in [2.05, 4.69) is 25.9 Å². The van der Waals surface area contributed by atoms with Gasteiger partial charge in [0.1, 0.15) is 17.1 Å². The van der Waals surface area contributed by atoms with E-state index in [1.54, 1.807) is 12.0 Å². The zero-order valence-corrected chi connectivity index (χ0v) is 18.4. The van der Waals surface area contributed by atoms with Crippen molar-refractivity contribution in [3.05, 3.63) is 35.0 Å². The van der Waals surface area contributed by atoms with Gasteiger partial charge in [0.2, 0.25) is 11.9 Å². The van der Waals surface area contributed by atoms with Gasteiger partial charge in [-0.1, -0.05) is 0 Å². The molecule has 0 spiro atoms. The van der Waals surface area contributed by atoms with Gasteiger partial charge < -0.3 is 25.6 Å². The van der Waals surface area contributed by atoms with Crippen LogP contribution in [0, 0.1) is 0 Å². The van der Waals surface area contributed by atoms with Gasteiger partial charge >= 0.3 is 6.18 Å². The van der Waals surface area contributed by atoms with Crippen molar-refractivity contribution in [2.75, 3.05) is 43.9 Å². The molecule has 0 atom stereocenters.